The predicted molar refractivity (Wildman–Crippen MR) is 108 cm³/mol. The van der Waals surface area contributed by atoms with Gasteiger partial charge < -0.3 is 4.74 Å². The maximum Gasteiger partial charge on any atom is 0.416 e. The Hall–Kier alpha value is -2.82. The summed E-state index contributed by atoms with van der Waals surface area (Å²) >= 11 is 0. The zero-order valence-electron chi connectivity index (χ0n) is 17.1. The second kappa shape index (κ2) is 8.19. The van der Waals surface area contributed by atoms with Crippen molar-refractivity contribution in [2.75, 3.05) is 6.61 Å². The summed E-state index contributed by atoms with van der Waals surface area (Å²) in [5.74, 6) is -2.01. The molecule has 0 amide bonds. The van der Waals surface area contributed by atoms with Crippen LogP contribution in [0.3, 0.4) is 0 Å². The van der Waals surface area contributed by atoms with Crippen molar-refractivity contribution in [1.29, 1.82) is 0 Å². The van der Waals surface area contributed by atoms with E-state index < -0.39 is 51.8 Å². The van der Waals surface area contributed by atoms with Crippen LogP contribution in [-0.4, -0.2) is 15.0 Å². The number of aryl methyl sites for hydroxylation is 1. The topological polar surface area (TPSA) is 55.9 Å². The van der Waals surface area contributed by atoms with E-state index in [9.17, 15) is 30.4 Å². The molecule has 0 unspecified atom stereocenters. The van der Waals surface area contributed by atoms with Crippen LogP contribution in [0.1, 0.15) is 28.4 Å². The maximum atomic E-state index is 14.6. The van der Waals surface area contributed by atoms with Gasteiger partial charge in [-0.15, -0.1) is 0 Å². The molecule has 4 nitrogen and oxygen atoms in total. The summed E-state index contributed by atoms with van der Waals surface area (Å²) < 4.78 is 105. The van der Waals surface area contributed by atoms with Gasteiger partial charge in [0.2, 0.25) is 0 Å². The normalized spacial score (nSPS) is 20.6. The van der Waals surface area contributed by atoms with E-state index in [0.717, 1.165) is 29.8 Å². The Bertz CT molecular complexity index is 1290. The fourth-order valence-electron chi connectivity index (χ4n) is 3.64. The van der Waals surface area contributed by atoms with Crippen molar-refractivity contribution in [2.45, 2.75) is 29.7 Å². The van der Waals surface area contributed by atoms with Crippen LogP contribution in [0.4, 0.5) is 22.0 Å². The van der Waals surface area contributed by atoms with E-state index in [1.807, 2.05) is 0 Å². The predicted octanol–water partition coefficient (Wildman–Crippen LogP) is 5.66. The first-order valence-electron chi connectivity index (χ1n) is 9.70. The molecule has 0 N–H and O–H groups in total. The Morgan fingerprint density at radius 2 is 1.67 bits per heavy atom. The molecule has 0 bridgehead atoms. The van der Waals surface area contributed by atoms with Crippen molar-refractivity contribution in [2.24, 2.45) is 0 Å². The molecule has 10 heteroatoms. The molecule has 0 aliphatic carbocycles. The number of alkyl halides is 3. The monoisotopic (exact) mass is 484 g/mol. The molecule has 33 heavy (non-hydrogen) atoms. The Morgan fingerprint density at radius 3 is 2.30 bits per heavy atom. The van der Waals surface area contributed by atoms with Gasteiger partial charge in [0.05, 0.1) is 10.5 Å². The first-order valence-corrected chi connectivity index (χ1v) is 11.1. The van der Waals surface area contributed by atoms with Crippen molar-refractivity contribution < 1.29 is 39.3 Å². The lowest BCUT2D eigenvalue weighted by Gasteiger charge is -2.17. The van der Waals surface area contributed by atoms with Gasteiger partial charge in [0, 0.05) is 11.6 Å². The molecule has 3 aromatic carbocycles. The summed E-state index contributed by atoms with van der Waals surface area (Å²) in [6.45, 7) is 0.937. The fraction of sp³-hybridized carbons (Fsp3) is 0.217. The number of hydrogen-bond acceptors (Lipinski definition) is 4. The lowest BCUT2D eigenvalue weighted by atomic mass is 9.90. The van der Waals surface area contributed by atoms with Crippen LogP contribution in [0.2, 0.25) is 0 Å². The maximum absolute atomic E-state index is 14.6. The second-order valence-corrected chi connectivity index (χ2v) is 9.24. The number of benzene rings is 3. The summed E-state index contributed by atoms with van der Waals surface area (Å²) in [4.78, 5) is -0.185. The van der Waals surface area contributed by atoms with Crippen LogP contribution in [0.15, 0.2) is 71.6 Å². The van der Waals surface area contributed by atoms with Gasteiger partial charge in [-0.25, -0.2) is 8.78 Å². The number of halogens is 5. The Balaban J connectivity index is 1.73. The van der Waals surface area contributed by atoms with Crippen LogP contribution in [0.5, 0.6) is 0 Å². The number of hydrogen-bond donors (Lipinski definition) is 0. The summed E-state index contributed by atoms with van der Waals surface area (Å²) in [6, 6.07) is 12.7. The summed E-state index contributed by atoms with van der Waals surface area (Å²) in [6.07, 6.45) is -6.10. The molecular weight excluding hydrogens is 467 g/mol. The average Bonchev–Trinajstić information content (AvgIpc) is 3.47. The number of epoxide rings is 1. The van der Waals surface area contributed by atoms with Gasteiger partial charge in [0.1, 0.15) is 24.3 Å². The third-order valence-corrected chi connectivity index (χ3v) is 6.65. The molecule has 174 valence electrons. The fourth-order valence-corrected chi connectivity index (χ4v) is 4.57. The molecule has 3 aromatic rings. The molecule has 1 aliphatic rings. The highest BCUT2D eigenvalue weighted by atomic mass is 32.2. The minimum Gasteiger partial charge on any atom is -0.353 e. The molecular formula is C23H17F5O4S. The highest BCUT2D eigenvalue weighted by Crippen LogP contribution is 2.59. The van der Waals surface area contributed by atoms with Gasteiger partial charge in [0.15, 0.2) is 5.60 Å². The van der Waals surface area contributed by atoms with Gasteiger partial charge >= 0.3 is 6.18 Å². The zero-order chi connectivity index (χ0) is 24.0. The van der Waals surface area contributed by atoms with Crippen molar-refractivity contribution in [3.05, 3.63) is 101 Å². The molecule has 0 spiro atoms. The highest BCUT2D eigenvalue weighted by molar-refractivity contribution is 7.86. The first kappa shape index (κ1) is 23.3. The average molecular weight is 484 g/mol. The van der Waals surface area contributed by atoms with Gasteiger partial charge in [-0.3, -0.25) is 4.18 Å². The van der Waals surface area contributed by atoms with E-state index in [2.05, 4.69) is 0 Å². The van der Waals surface area contributed by atoms with E-state index in [0.29, 0.717) is 6.07 Å². The van der Waals surface area contributed by atoms with Crippen molar-refractivity contribution in [1.82, 2.24) is 0 Å². The Morgan fingerprint density at radius 1 is 1.00 bits per heavy atom. The molecule has 0 saturated carbocycles. The minimum absolute atomic E-state index is 0.185. The third-order valence-electron chi connectivity index (χ3n) is 5.37. The summed E-state index contributed by atoms with van der Waals surface area (Å²) in [7, 11) is -4.34. The van der Waals surface area contributed by atoms with Crippen LogP contribution in [-0.2, 0) is 30.8 Å². The van der Waals surface area contributed by atoms with E-state index in [4.69, 9.17) is 8.92 Å². The van der Waals surface area contributed by atoms with Gasteiger partial charge in [-0.2, -0.15) is 21.6 Å². The molecule has 0 radical (unpaired) electrons. The van der Waals surface area contributed by atoms with Crippen molar-refractivity contribution in [3.8, 4) is 0 Å². The largest absolute Gasteiger partial charge is 0.416 e. The number of rotatable bonds is 6. The summed E-state index contributed by atoms with van der Waals surface area (Å²) in [5.41, 5.74) is -2.75. The zero-order valence-corrected chi connectivity index (χ0v) is 17.9. The highest BCUT2D eigenvalue weighted by Gasteiger charge is 2.62. The molecule has 0 aromatic heterocycles. The number of ether oxygens (including phenoxy) is 1. The van der Waals surface area contributed by atoms with Crippen LogP contribution in [0, 0.1) is 18.6 Å². The second-order valence-electron chi connectivity index (χ2n) is 7.63. The quantitative estimate of drug-likeness (QED) is 0.257. The Kier molecular flexibility index (Phi) is 5.80. The molecule has 1 aliphatic heterocycles. The van der Waals surface area contributed by atoms with E-state index in [-0.39, 0.29) is 16.0 Å². The lowest BCUT2D eigenvalue weighted by molar-refractivity contribution is -0.138. The van der Waals surface area contributed by atoms with Crippen LogP contribution >= 0.6 is 0 Å². The molecule has 1 fully saturated rings. The van der Waals surface area contributed by atoms with Gasteiger partial charge in [0.25, 0.3) is 10.1 Å². The van der Waals surface area contributed by atoms with Gasteiger partial charge in [-0.05, 0) is 36.8 Å². The van der Waals surface area contributed by atoms with Crippen molar-refractivity contribution >= 4 is 10.1 Å². The molecule has 4 rings (SSSR count). The third kappa shape index (κ3) is 4.50. The SMILES string of the molecule is Cc1ccc(S(=O)(=O)OC[C@@]2(c3ccc(F)cc3F)O[C@H]2c2ccccc2C(F)(F)F)cc1. The van der Waals surface area contributed by atoms with E-state index >= 15 is 0 Å². The minimum atomic E-state index is -4.73. The van der Waals surface area contributed by atoms with E-state index in [1.54, 1.807) is 19.1 Å². The van der Waals surface area contributed by atoms with Crippen LogP contribution in [0.25, 0.3) is 0 Å². The smallest absolute Gasteiger partial charge is 0.353 e. The van der Waals surface area contributed by atoms with Gasteiger partial charge in [-0.1, -0.05) is 42.0 Å². The lowest BCUT2D eigenvalue weighted by Crippen LogP contribution is -2.23. The Labute approximate surface area is 186 Å². The van der Waals surface area contributed by atoms with Crippen molar-refractivity contribution in [3.63, 3.8) is 0 Å². The first-order chi connectivity index (χ1) is 15.4. The summed E-state index contributed by atoms with van der Waals surface area (Å²) in [5, 5.41) is 0. The molecule has 1 heterocycles. The molecule has 1 saturated heterocycles. The standard InChI is InChI=1S/C23H17F5O4S/c1-14-6-9-16(10-7-14)33(29,30)31-13-22(19-11-8-15(24)12-20(19)25)21(32-22)17-4-2-3-5-18(17)23(26,27)28/h2-12,21H,13H2,1H3/t21-,22-/m0/s1. The van der Waals surface area contributed by atoms with E-state index in [1.165, 1.54) is 24.3 Å². The van der Waals surface area contributed by atoms with Crippen LogP contribution < -0.4 is 0 Å². The molecule has 2 atom stereocenters.